The van der Waals surface area contributed by atoms with Gasteiger partial charge in [0.15, 0.2) is 0 Å². The van der Waals surface area contributed by atoms with Crippen molar-refractivity contribution in [2.24, 2.45) is 0 Å². The number of carbonyl (C=O) groups is 2. The zero-order chi connectivity index (χ0) is 15.4. The molecule has 0 bridgehead atoms. The smallest absolute Gasteiger partial charge is 0.325 e. The molecule has 1 aromatic heterocycles. The number of aromatic nitrogens is 1. The van der Waals surface area contributed by atoms with Crippen LogP contribution in [0.15, 0.2) is 4.52 Å². The van der Waals surface area contributed by atoms with Gasteiger partial charge < -0.3 is 14.2 Å². The molecule has 6 nitrogen and oxygen atoms in total. The number of carbonyl (C=O) groups excluding carboxylic acids is 2. The van der Waals surface area contributed by atoms with E-state index in [2.05, 4.69) is 5.16 Å². The second-order valence-electron chi connectivity index (χ2n) is 5.36. The fraction of sp³-hybridized carbons (Fsp3) is 0.667. The largest absolute Gasteiger partial charge is 0.468 e. The molecule has 0 saturated heterocycles. The SMILES string of the molecule is CCc1noc(C)c1C(=O)N(CC(=O)OC)C1CCCC1. The van der Waals surface area contributed by atoms with Crippen LogP contribution in [0.4, 0.5) is 0 Å². The van der Waals surface area contributed by atoms with Crippen molar-refractivity contribution in [1.82, 2.24) is 10.1 Å². The Hall–Kier alpha value is -1.85. The number of hydrogen-bond donors (Lipinski definition) is 0. The number of esters is 1. The highest BCUT2D eigenvalue weighted by Crippen LogP contribution is 2.26. The van der Waals surface area contributed by atoms with Crippen LogP contribution in [0.2, 0.25) is 0 Å². The van der Waals surface area contributed by atoms with Crippen LogP contribution >= 0.6 is 0 Å². The van der Waals surface area contributed by atoms with E-state index in [1.54, 1.807) is 11.8 Å². The van der Waals surface area contributed by atoms with E-state index in [-0.39, 0.29) is 18.5 Å². The molecule has 0 unspecified atom stereocenters. The van der Waals surface area contributed by atoms with Gasteiger partial charge in [-0.05, 0) is 26.2 Å². The topological polar surface area (TPSA) is 72.6 Å². The summed E-state index contributed by atoms with van der Waals surface area (Å²) in [5.74, 6) is -0.0741. The van der Waals surface area contributed by atoms with Crippen molar-refractivity contribution in [3.63, 3.8) is 0 Å². The normalized spacial score (nSPS) is 15.2. The van der Waals surface area contributed by atoms with Gasteiger partial charge in [-0.2, -0.15) is 0 Å². The quantitative estimate of drug-likeness (QED) is 0.778. The summed E-state index contributed by atoms with van der Waals surface area (Å²) < 4.78 is 9.86. The van der Waals surface area contributed by atoms with Gasteiger partial charge in [-0.1, -0.05) is 24.9 Å². The molecule has 21 heavy (non-hydrogen) atoms. The molecule has 0 aliphatic heterocycles. The molecule has 1 saturated carbocycles. The summed E-state index contributed by atoms with van der Waals surface area (Å²) in [7, 11) is 1.34. The molecule has 1 amide bonds. The van der Waals surface area contributed by atoms with Crippen LogP contribution in [-0.4, -0.2) is 41.6 Å². The molecule has 6 heteroatoms. The number of nitrogens with zero attached hydrogens (tertiary/aromatic N) is 2. The van der Waals surface area contributed by atoms with Crippen molar-refractivity contribution in [2.45, 2.75) is 52.0 Å². The first-order chi connectivity index (χ1) is 10.1. The molecular formula is C15H22N2O4. The average Bonchev–Trinajstić information content (AvgIpc) is 3.12. The molecule has 0 atom stereocenters. The lowest BCUT2D eigenvalue weighted by molar-refractivity contribution is -0.141. The molecule has 0 N–H and O–H groups in total. The van der Waals surface area contributed by atoms with Crippen LogP contribution < -0.4 is 0 Å². The first-order valence-electron chi connectivity index (χ1n) is 7.41. The fourth-order valence-corrected chi connectivity index (χ4v) is 2.86. The Kier molecular flexibility index (Phi) is 4.98. The third kappa shape index (κ3) is 3.25. The highest BCUT2D eigenvalue weighted by molar-refractivity contribution is 5.98. The van der Waals surface area contributed by atoms with Crippen molar-refractivity contribution >= 4 is 11.9 Å². The second-order valence-corrected chi connectivity index (χ2v) is 5.36. The molecule has 1 aliphatic rings. The van der Waals surface area contributed by atoms with E-state index in [0.29, 0.717) is 23.4 Å². The van der Waals surface area contributed by atoms with Gasteiger partial charge >= 0.3 is 5.97 Å². The standard InChI is InChI=1S/C15H22N2O4/c1-4-12-14(10(2)21-16-12)15(19)17(9-13(18)20-3)11-7-5-6-8-11/h11H,4-9H2,1-3H3. The Morgan fingerprint density at radius 3 is 2.62 bits per heavy atom. The molecule has 0 aromatic carbocycles. The lowest BCUT2D eigenvalue weighted by Gasteiger charge is -2.27. The number of aryl methyl sites for hydroxylation is 2. The van der Waals surface area contributed by atoms with Gasteiger partial charge in [-0.3, -0.25) is 9.59 Å². The van der Waals surface area contributed by atoms with E-state index in [9.17, 15) is 9.59 Å². The molecule has 116 valence electrons. The summed E-state index contributed by atoms with van der Waals surface area (Å²) >= 11 is 0. The first-order valence-corrected chi connectivity index (χ1v) is 7.41. The zero-order valence-electron chi connectivity index (χ0n) is 12.8. The first kappa shape index (κ1) is 15.5. The minimum atomic E-state index is -0.401. The predicted octanol–water partition coefficient (Wildman–Crippen LogP) is 2.10. The second kappa shape index (κ2) is 6.74. The Balaban J connectivity index is 2.28. The van der Waals surface area contributed by atoms with Crippen LogP contribution in [0.25, 0.3) is 0 Å². The summed E-state index contributed by atoms with van der Waals surface area (Å²) in [4.78, 5) is 26.1. The van der Waals surface area contributed by atoms with Crippen LogP contribution in [-0.2, 0) is 16.0 Å². The maximum atomic E-state index is 12.9. The van der Waals surface area contributed by atoms with Gasteiger partial charge in [0.05, 0.1) is 12.8 Å². The molecule has 1 heterocycles. The molecular weight excluding hydrogens is 272 g/mol. The van der Waals surface area contributed by atoms with Crippen molar-refractivity contribution in [3.05, 3.63) is 17.0 Å². The van der Waals surface area contributed by atoms with Gasteiger partial charge in [0, 0.05) is 6.04 Å². The Morgan fingerprint density at radius 2 is 2.05 bits per heavy atom. The number of hydrogen-bond acceptors (Lipinski definition) is 5. The maximum absolute atomic E-state index is 12.9. The number of ether oxygens (including phenoxy) is 1. The molecule has 1 fully saturated rings. The highest BCUT2D eigenvalue weighted by atomic mass is 16.5. The van der Waals surface area contributed by atoms with Crippen molar-refractivity contribution < 1.29 is 18.8 Å². The number of rotatable bonds is 5. The Morgan fingerprint density at radius 1 is 1.38 bits per heavy atom. The van der Waals surface area contributed by atoms with Crippen LogP contribution in [0, 0.1) is 6.92 Å². The van der Waals surface area contributed by atoms with E-state index in [0.717, 1.165) is 25.7 Å². The lowest BCUT2D eigenvalue weighted by atomic mass is 10.1. The molecule has 0 spiro atoms. The summed E-state index contributed by atoms with van der Waals surface area (Å²) in [5, 5.41) is 3.92. The monoisotopic (exact) mass is 294 g/mol. The fourth-order valence-electron chi connectivity index (χ4n) is 2.86. The van der Waals surface area contributed by atoms with Gasteiger partial charge in [0.2, 0.25) is 0 Å². The third-order valence-corrected chi connectivity index (χ3v) is 4.04. The van der Waals surface area contributed by atoms with Crippen molar-refractivity contribution in [3.8, 4) is 0 Å². The van der Waals surface area contributed by atoms with Gasteiger partial charge in [-0.15, -0.1) is 0 Å². The summed E-state index contributed by atoms with van der Waals surface area (Å²) in [6.07, 6.45) is 4.63. The molecule has 0 radical (unpaired) electrons. The van der Waals surface area contributed by atoms with Gasteiger partial charge in [0.25, 0.3) is 5.91 Å². The van der Waals surface area contributed by atoms with E-state index in [1.165, 1.54) is 7.11 Å². The Labute approximate surface area is 124 Å². The highest BCUT2D eigenvalue weighted by Gasteiger charge is 2.32. The van der Waals surface area contributed by atoms with E-state index >= 15 is 0 Å². The number of amides is 1. The summed E-state index contributed by atoms with van der Waals surface area (Å²) in [6, 6.07) is 0.0932. The van der Waals surface area contributed by atoms with Crippen LogP contribution in [0.1, 0.15) is 54.4 Å². The molecule has 2 rings (SSSR count). The minimum Gasteiger partial charge on any atom is -0.468 e. The molecule has 1 aliphatic carbocycles. The van der Waals surface area contributed by atoms with E-state index in [1.807, 2.05) is 6.92 Å². The lowest BCUT2D eigenvalue weighted by Crippen LogP contribution is -2.43. The number of methoxy groups -OCH3 is 1. The van der Waals surface area contributed by atoms with Gasteiger partial charge in [0.1, 0.15) is 17.9 Å². The maximum Gasteiger partial charge on any atom is 0.325 e. The third-order valence-electron chi connectivity index (χ3n) is 4.04. The molecule has 1 aromatic rings. The summed E-state index contributed by atoms with van der Waals surface area (Å²) in [6.45, 7) is 3.63. The predicted molar refractivity (Wildman–Crippen MR) is 75.9 cm³/mol. The average molecular weight is 294 g/mol. The van der Waals surface area contributed by atoms with E-state index in [4.69, 9.17) is 9.26 Å². The Bertz CT molecular complexity index is 518. The van der Waals surface area contributed by atoms with Crippen LogP contribution in [0.3, 0.4) is 0 Å². The van der Waals surface area contributed by atoms with Crippen LogP contribution in [0.5, 0.6) is 0 Å². The zero-order valence-corrected chi connectivity index (χ0v) is 12.8. The van der Waals surface area contributed by atoms with Crippen molar-refractivity contribution in [1.29, 1.82) is 0 Å². The minimum absolute atomic E-state index is 0.0201. The van der Waals surface area contributed by atoms with Crippen molar-refractivity contribution in [2.75, 3.05) is 13.7 Å². The van der Waals surface area contributed by atoms with E-state index < -0.39 is 5.97 Å². The summed E-state index contributed by atoms with van der Waals surface area (Å²) in [5.41, 5.74) is 1.14. The van der Waals surface area contributed by atoms with Gasteiger partial charge in [-0.25, -0.2) is 0 Å².